The Morgan fingerprint density at radius 3 is 1.81 bits per heavy atom. The van der Waals surface area contributed by atoms with Crippen molar-refractivity contribution in [3.05, 3.63) is 83.4 Å². The lowest BCUT2D eigenvalue weighted by Gasteiger charge is -2.47. The van der Waals surface area contributed by atoms with Crippen LogP contribution in [0, 0.1) is 0 Å². The average molecular weight is 597 g/mol. The Labute approximate surface area is 254 Å². The highest BCUT2D eigenvalue weighted by atomic mass is 28.4. The highest BCUT2D eigenvalue weighted by Crippen LogP contribution is 2.45. The van der Waals surface area contributed by atoms with Gasteiger partial charge in [0.1, 0.15) is 23.9 Å². The van der Waals surface area contributed by atoms with Crippen molar-refractivity contribution in [2.24, 2.45) is 0 Å². The van der Waals surface area contributed by atoms with E-state index in [2.05, 4.69) is 59.8 Å². The summed E-state index contributed by atoms with van der Waals surface area (Å²) >= 11 is 0. The molecular formula is C35H52O6Si. The smallest absolute Gasteiger partial charge is 0.200 e. The number of ether oxygens (including phenoxy) is 4. The van der Waals surface area contributed by atoms with Crippen molar-refractivity contribution in [1.82, 2.24) is 0 Å². The molecule has 1 aliphatic heterocycles. The highest BCUT2D eigenvalue weighted by molar-refractivity contribution is 6.77. The summed E-state index contributed by atoms with van der Waals surface area (Å²) in [6.45, 7) is 19.0. The van der Waals surface area contributed by atoms with Crippen LogP contribution in [0.1, 0.15) is 72.9 Å². The summed E-state index contributed by atoms with van der Waals surface area (Å²) in [6.07, 6.45) is 0.677. The molecule has 1 heterocycles. The third-order valence-electron chi connectivity index (χ3n) is 9.13. The van der Waals surface area contributed by atoms with Gasteiger partial charge in [-0.1, -0.05) is 108 Å². The quantitative estimate of drug-likeness (QED) is 0.190. The Morgan fingerprint density at radius 1 is 0.810 bits per heavy atom. The Kier molecular flexibility index (Phi) is 10.9. The van der Waals surface area contributed by atoms with E-state index in [9.17, 15) is 5.11 Å². The second kappa shape index (κ2) is 13.9. The zero-order valence-electron chi connectivity index (χ0n) is 26.8. The van der Waals surface area contributed by atoms with Crippen molar-refractivity contribution in [3.8, 4) is 0 Å². The number of rotatable bonds is 13. The summed E-state index contributed by atoms with van der Waals surface area (Å²) in [7, 11) is -2.15. The van der Waals surface area contributed by atoms with Gasteiger partial charge in [0.25, 0.3) is 0 Å². The predicted molar refractivity (Wildman–Crippen MR) is 170 cm³/mol. The van der Waals surface area contributed by atoms with Crippen molar-refractivity contribution in [2.75, 3.05) is 13.2 Å². The fourth-order valence-corrected chi connectivity index (χ4v) is 12.4. The summed E-state index contributed by atoms with van der Waals surface area (Å²) in [6, 6.07) is 20.2. The number of hydrogen-bond acceptors (Lipinski definition) is 6. The molecule has 1 saturated heterocycles. The molecule has 0 bridgehead atoms. The van der Waals surface area contributed by atoms with Gasteiger partial charge in [-0.3, -0.25) is 0 Å². The van der Waals surface area contributed by atoms with E-state index in [0.29, 0.717) is 42.9 Å². The van der Waals surface area contributed by atoms with Gasteiger partial charge in [-0.15, -0.1) is 0 Å². The molecule has 6 nitrogen and oxygen atoms in total. The van der Waals surface area contributed by atoms with E-state index in [0.717, 1.165) is 16.7 Å². The lowest BCUT2D eigenvalue weighted by Crippen LogP contribution is -2.62. The maximum absolute atomic E-state index is 12.4. The first-order chi connectivity index (χ1) is 19.9. The van der Waals surface area contributed by atoms with Crippen molar-refractivity contribution in [1.29, 1.82) is 0 Å². The van der Waals surface area contributed by atoms with Crippen LogP contribution >= 0.6 is 0 Å². The molecule has 42 heavy (non-hydrogen) atoms. The van der Waals surface area contributed by atoms with Crippen LogP contribution in [0.25, 0.3) is 0 Å². The predicted octanol–water partition coefficient (Wildman–Crippen LogP) is 7.56. The van der Waals surface area contributed by atoms with E-state index < -0.39 is 38.0 Å². The summed E-state index contributed by atoms with van der Waals surface area (Å²) in [5.41, 5.74) is 3.13. The first-order valence-electron chi connectivity index (χ1n) is 15.6. The molecule has 1 N–H and O–H groups in total. The van der Waals surface area contributed by atoms with Gasteiger partial charge >= 0.3 is 0 Å². The first-order valence-corrected chi connectivity index (χ1v) is 17.7. The lowest BCUT2D eigenvalue weighted by atomic mass is 9.77. The van der Waals surface area contributed by atoms with Crippen molar-refractivity contribution in [2.45, 2.75) is 121 Å². The van der Waals surface area contributed by atoms with E-state index in [1.807, 2.05) is 62.4 Å². The van der Waals surface area contributed by atoms with Crippen LogP contribution in [0.2, 0.25) is 16.6 Å². The molecule has 7 heteroatoms. The molecule has 232 valence electrons. The van der Waals surface area contributed by atoms with E-state index in [1.54, 1.807) is 0 Å². The van der Waals surface area contributed by atoms with Crippen LogP contribution in [0.15, 0.2) is 72.3 Å². The Hall–Kier alpha value is -1.84. The number of benzene rings is 2. The van der Waals surface area contributed by atoms with E-state index in [4.69, 9.17) is 23.4 Å². The monoisotopic (exact) mass is 596 g/mol. The second-order valence-corrected chi connectivity index (χ2v) is 18.8. The Bertz CT molecular complexity index is 1130. The molecule has 0 unspecified atom stereocenters. The number of aliphatic hydroxyl groups is 1. The molecule has 4 rings (SSSR count). The van der Waals surface area contributed by atoms with Gasteiger partial charge in [0, 0.05) is 0 Å². The van der Waals surface area contributed by atoms with Crippen molar-refractivity contribution >= 4 is 8.32 Å². The largest absolute Gasteiger partial charge is 0.412 e. The van der Waals surface area contributed by atoms with Gasteiger partial charge < -0.3 is 28.5 Å². The maximum Gasteiger partial charge on any atom is 0.200 e. The Morgan fingerprint density at radius 2 is 1.33 bits per heavy atom. The summed E-state index contributed by atoms with van der Waals surface area (Å²) in [5.74, 6) is -0.783. The molecule has 0 radical (unpaired) electrons. The van der Waals surface area contributed by atoms with Crippen LogP contribution in [0.5, 0.6) is 0 Å². The van der Waals surface area contributed by atoms with Crippen molar-refractivity contribution in [3.63, 3.8) is 0 Å². The molecule has 0 saturated carbocycles. The van der Waals surface area contributed by atoms with Gasteiger partial charge in [-0.2, -0.15) is 0 Å². The fourth-order valence-electron chi connectivity index (χ4n) is 7.03. The number of hydrogen-bond donors (Lipinski definition) is 1. The van der Waals surface area contributed by atoms with Gasteiger partial charge in [0.15, 0.2) is 5.79 Å². The molecule has 0 spiro atoms. The zero-order valence-corrected chi connectivity index (χ0v) is 27.8. The Balaban J connectivity index is 1.70. The fraction of sp³-hybridized carbons (Fsp3) is 0.600. The van der Waals surface area contributed by atoms with Crippen LogP contribution in [-0.4, -0.2) is 56.3 Å². The average Bonchev–Trinajstić information content (AvgIpc) is 3.33. The molecule has 2 aromatic carbocycles. The minimum Gasteiger partial charge on any atom is -0.412 e. The van der Waals surface area contributed by atoms with Gasteiger partial charge in [-0.25, -0.2) is 0 Å². The molecule has 2 aromatic rings. The third-order valence-corrected chi connectivity index (χ3v) is 15.2. The summed E-state index contributed by atoms with van der Waals surface area (Å²) in [5, 5.41) is 12.4. The molecule has 0 amide bonds. The standard InChI is InChI=1S/C35H52O6Si/c1-25(2)42(26(3)4,27(5)6)40-23-30-19-20-35(36,31-24-39-34(7,8)41-31)33(38-22-29-17-13-10-14-18-29)32(30)37-21-28-15-11-9-12-16-28/h9-19,25-27,31-33,36H,20-24H2,1-8H3/t31-,32+,33-,35-/m1/s1. The molecule has 0 aromatic heterocycles. The highest BCUT2D eigenvalue weighted by Gasteiger charge is 2.56. The third kappa shape index (κ3) is 7.26. The van der Waals surface area contributed by atoms with Crippen molar-refractivity contribution < 1.29 is 28.5 Å². The van der Waals surface area contributed by atoms with Crippen LogP contribution in [0.4, 0.5) is 0 Å². The van der Waals surface area contributed by atoms with Crippen LogP contribution < -0.4 is 0 Å². The maximum atomic E-state index is 12.4. The molecule has 4 atom stereocenters. The molecule has 1 aliphatic carbocycles. The van der Waals surface area contributed by atoms with Gasteiger partial charge in [0.2, 0.25) is 8.32 Å². The molecular weight excluding hydrogens is 544 g/mol. The topological polar surface area (TPSA) is 66.4 Å². The SMILES string of the molecule is CC(C)[Si](OCC1=CC[C@@](O)([C@H]2COC(C)(C)O2)[C@H](OCc2ccccc2)[C@H]1OCc1ccccc1)(C(C)C)C(C)C. The van der Waals surface area contributed by atoms with Crippen LogP contribution in [0.3, 0.4) is 0 Å². The molecule has 2 aliphatic rings. The minimum atomic E-state index is -2.15. The van der Waals surface area contributed by atoms with Crippen LogP contribution in [-0.2, 0) is 36.6 Å². The van der Waals surface area contributed by atoms with Gasteiger partial charge in [-0.05, 0) is 53.6 Å². The zero-order chi connectivity index (χ0) is 30.5. The second-order valence-electron chi connectivity index (χ2n) is 13.3. The van der Waals surface area contributed by atoms with Gasteiger partial charge in [0.05, 0.1) is 26.4 Å². The van der Waals surface area contributed by atoms with E-state index >= 15 is 0 Å². The van der Waals surface area contributed by atoms with E-state index in [-0.39, 0.29) is 6.61 Å². The minimum absolute atomic E-state index is 0.282. The normalized spacial score (nSPS) is 26.3. The lowest BCUT2D eigenvalue weighted by molar-refractivity contribution is -0.228. The van der Waals surface area contributed by atoms with E-state index in [1.165, 1.54) is 0 Å². The summed E-state index contributed by atoms with van der Waals surface area (Å²) < 4.78 is 32.7. The molecule has 1 fully saturated rings. The first kappa shape index (κ1) is 33.1. The summed E-state index contributed by atoms with van der Waals surface area (Å²) in [4.78, 5) is 0.